The SMILES string of the molecule is CCNC(=O)c1nnc(-c2cc(C(C)C)c(O)cc2O)n1-c1ccc(OC2CCN(c3cnc(C(=O)N[C@H]4C[C@H](O[C@H]5C[C@](O)(C(=O)CO)Cc6c(O)c7c(c(O)c65)C(=O)c5c(OC)cccc5C7=O)O[C@@H](C)[C@H]4O)cn3)CC2)cc1. The van der Waals surface area contributed by atoms with E-state index in [1.807, 2.05) is 18.7 Å². The molecule has 9 N–H and O–H groups in total. The van der Waals surface area contributed by atoms with E-state index in [-0.39, 0.29) is 80.9 Å². The lowest BCUT2D eigenvalue weighted by molar-refractivity contribution is -0.249. The zero-order valence-electron chi connectivity index (χ0n) is 44.7. The Balaban J connectivity index is 0.792. The molecular formula is C57H60N8O16. The molecule has 10 rings (SSSR count). The van der Waals surface area contributed by atoms with Gasteiger partial charge in [0.15, 0.2) is 23.7 Å². The maximum Gasteiger partial charge on any atom is 0.289 e. The number of anilines is 1. The lowest BCUT2D eigenvalue weighted by atomic mass is 9.72. The van der Waals surface area contributed by atoms with Crippen LogP contribution in [-0.4, -0.2) is 159 Å². The second kappa shape index (κ2) is 22.2. The number of piperidine rings is 1. The lowest BCUT2D eigenvalue weighted by Crippen LogP contribution is -2.56. The van der Waals surface area contributed by atoms with Crippen molar-refractivity contribution < 1.29 is 78.7 Å². The van der Waals surface area contributed by atoms with Gasteiger partial charge < -0.3 is 70.2 Å². The average Bonchev–Trinajstić information content (AvgIpc) is 4.01. The van der Waals surface area contributed by atoms with Gasteiger partial charge in [-0.3, -0.25) is 28.5 Å². The topological polar surface area (TPSA) is 348 Å². The molecule has 6 aromatic rings. The number of aliphatic hydroxyl groups is 3. The van der Waals surface area contributed by atoms with Crippen LogP contribution in [0.15, 0.2) is 67.0 Å². The zero-order chi connectivity index (χ0) is 57.8. The van der Waals surface area contributed by atoms with Crippen molar-refractivity contribution in [3.63, 3.8) is 0 Å². The van der Waals surface area contributed by atoms with Crippen molar-refractivity contribution in [3.8, 4) is 51.6 Å². The van der Waals surface area contributed by atoms with E-state index in [2.05, 4.69) is 30.8 Å². The Morgan fingerprint density at radius 2 is 1.62 bits per heavy atom. The summed E-state index contributed by atoms with van der Waals surface area (Å²) in [6.07, 6.45) is -2.80. The monoisotopic (exact) mass is 1110 g/mol. The van der Waals surface area contributed by atoms with E-state index < -0.39 is 107 Å². The molecule has 2 amide bonds. The standard InChI is InChI=1S/C57H60N8O16/c1-6-58-56(76)54-63-62-53(33-18-32(26(2)3)37(67)20-38(33)68)65(54)28-10-12-29(13-11-28)80-30-14-16-64(17-15-30)42-24-59-36(23-60-42)55(75)61-35-19-43(79-27(4)48(35)70)81-40-22-57(77,41(69)25-66)21-34-45(40)52(74)47-46(50(34)72)49(71)31-8-7-9-39(78-5)44(31)51(47)73/h7-13,18,20,23-24,26-27,30,35,40,43,48,66-68,70,72,74,77H,6,14-17,19,21-22,25H2,1-5H3,(H,58,76)(H,61,75)/t27-,35-,40-,43-,48+,57-/m0/s1. The number of hydrogen-bond acceptors (Lipinski definition) is 21. The number of ketones is 3. The fourth-order valence-electron chi connectivity index (χ4n) is 11.1. The van der Waals surface area contributed by atoms with Crippen molar-refractivity contribution >= 4 is 35.0 Å². The number of amides is 2. The highest BCUT2D eigenvalue weighted by atomic mass is 16.7. The van der Waals surface area contributed by atoms with Gasteiger partial charge in [0.05, 0.1) is 60.0 Å². The van der Waals surface area contributed by atoms with Crippen molar-refractivity contribution in [2.45, 2.75) is 108 Å². The maximum absolute atomic E-state index is 14.1. The van der Waals surface area contributed by atoms with Gasteiger partial charge in [-0.2, -0.15) is 0 Å². The van der Waals surface area contributed by atoms with Crippen molar-refractivity contribution in [1.82, 2.24) is 35.4 Å². The number of aliphatic hydroxyl groups excluding tert-OH is 2. The second-order valence-electron chi connectivity index (χ2n) is 20.8. The van der Waals surface area contributed by atoms with Gasteiger partial charge in [-0.25, -0.2) is 9.97 Å². The second-order valence-corrected chi connectivity index (χ2v) is 20.8. The number of carbonyl (C=O) groups is 5. The van der Waals surface area contributed by atoms with Gasteiger partial charge in [-0.1, -0.05) is 26.0 Å². The number of ether oxygens (including phenoxy) is 4. The number of nitrogens with one attached hydrogen (secondary N) is 2. The number of benzene rings is 4. The third kappa shape index (κ3) is 10.2. The fraction of sp³-hybridized carbons (Fsp3) is 0.386. The van der Waals surface area contributed by atoms with Crippen LogP contribution >= 0.6 is 0 Å². The van der Waals surface area contributed by atoms with Gasteiger partial charge in [0, 0.05) is 80.2 Å². The van der Waals surface area contributed by atoms with Crippen molar-refractivity contribution in [2.75, 3.05) is 38.3 Å². The van der Waals surface area contributed by atoms with Gasteiger partial charge in [0.25, 0.3) is 11.8 Å². The minimum absolute atomic E-state index is 0.00161. The van der Waals surface area contributed by atoms with Crippen LogP contribution in [0, 0.1) is 0 Å². The van der Waals surface area contributed by atoms with Gasteiger partial charge in [0.2, 0.25) is 11.6 Å². The smallest absolute Gasteiger partial charge is 0.289 e. The number of fused-ring (bicyclic) bond motifs is 3. The van der Waals surface area contributed by atoms with Crippen LogP contribution in [0.4, 0.5) is 5.82 Å². The molecule has 0 spiro atoms. The number of Topliss-reactive ketones (excluding diaryl/α,β-unsaturated/α-hetero) is 1. The van der Waals surface area contributed by atoms with Crippen LogP contribution in [0.3, 0.4) is 0 Å². The molecule has 424 valence electrons. The molecule has 6 atom stereocenters. The first-order chi connectivity index (χ1) is 38.7. The van der Waals surface area contributed by atoms with E-state index in [1.165, 1.54) is 55.3 Å². The lowest BCUT2D eigenvalue weighted by Gasteiger charge is -2.42. The summed E-state index contributed by atoms with van der Waals surface area (Å²) in [5, 5.41) is 91.9. The van der Waals surface area contributed by atoms with E-state index in [0.29, 0.717) is 55.3 Å². The third-order valence-corrected chi connectivity index (χ3v) is 15.3. The van der Waals surface area contributed by atoms with Crippen molar-refractivity contribution in [1.29, 1.82) is 0 Å². The van der Waals surface area contributed by atoms with Crippen molar-refractivity contribution in [3.05, 3.63) is 117 Å². The molecule has 2 saturated heterocycles. The molecule has 4 heterocycles. The number of hydrogen-bond donors (Lipinski definition) is 9. The molecule has 0 saturated carbocycles. The highest BCUT2D eigenvalue weighted by Gasteiger charge is 2.50. The number of rotatable bonds is 15. The molecule has 2 fully saturated rings. The quantitative estimate of drug-likeness (QED) is 0.0658. The van der Waals surface area contributed by atoms with E-state index in [9.17, 15) is 59.7 Å². The van der Waals surface area contributed by atoms with Crippen LogP contribution in [0.1, 0.15) is 135 Å². The van der Waals surface area contributed by atoms with Crippen LogP contribution in [0.2, 0.25) is 0 Å². The molecule has 2 aliphatic carbocycles. The van der Waals surface area contributed by atoms with E-state index >= 15 is 0 Å². The Morgan fingerprint density at radius 3 is 2.28 bits per heavy atom. The first-order valence-electron chi connectivity index (χ1n) is 26.4. The van der Waals surface area contributed by atoms with Crippen LogP contribution < -0.4 is 25.0 Å². The molecule has 4 aromatic carbocycles. The molecule has 81 heavy (non-hydrogen) atoms. The van der Waals surface area contributed by atoms with Crippen LogP contribution in [0.5, 0.6) is 34.5 Å². The van der Waals surface area contributed by atoms with E-state index in [0.717, 1.165) is 0 Å². The highest BCUT2D eigenvalue weighted by Crippen LogP contribution is 2.53. The first kappa shape index (κ1) is 55.8. The maximum atomic E-state index is 14.1. The predicted molar refractivity (Wildman–Crippen MR) is 285 cm³/mol. The number of aromatic hydroxyl groups is 4. The van der Waals surface area contributed by atoms with E-state index in [1.54, 1.807) is 37.3 Å². The number of phenolic OH excluding ortho intramolecular Hbond substituents is 4. The molecular weight excluding hydrogens is 1050 g/mol. The average molecular weight is 1110 g/mol. The number of methoxy groups -OCH3 is 1. The molecule has 0 bridgehead atoms. The Labute approximate surface area is 462 Å². The Hall–Kier alpha value is -8.55. The summed E-state index contributed by atoms with van der Waals surface area (Å²) < 4.78 is 25.6. The molecule has 24 heteroatoms. The first-order valence-corrected chi connectivity index (χ1v) is 26.4. The molecule has 4 aliphatic rings. The molecule has 0 radical (unpaired) electrons. The zero-order valence-corrected chi connectivity index (χ0v) is 44.7. The predicted octanol–water partition coefficient (Wildman–Crippen LogP) is 3.84. The summed E-state index contributed by atoms with van der Waals surface area (Å²) in [5.74, 6) is -4.47. The molecule has 24 nitrogen and oxygen atoms in total. The van der Waals surface area contributed by atoms with Gasteiger partial charge in [-0.15, -0.1) is 10.2 Å². The van der Waals surface area contributed by atoms with Crippen LogP contribution in [0.25, 0.3) is 17.1 Å². The minimum atomic E-state index is -2.39. The van der Waals surface area contributed by atoms with Crippen LogP contribution in [-0.2, 0) is 20.7 Å². The molecule has 2 aliphatic heterocycles. The summed E-state index contributed by atoms with van der Waals surface area (Å²) in [6, 6.07) is 13.2. The minimum Gasteiger partial charge on any atom is -0.508 e. The third-order valence-electron chi connectivity index (χ3n) is 15.3. The van der Waals surface area contributed by atoms with E-state index in [4.69, 9.17) is 18.9 Å². The summed E-state index contributed by atoms with van der Waals surface area (Å²) >= 11 is 0. The van der Waals surface area contributed by atoms with Gasteiger partial charge in [-0.05, 0) is 61.7 Å². The number of phenols is 4. The largest absolute Gasteiger partial charge is 0.508 e. The number of carbonyl (C=O) groups excluding carboxylic acids is 5. The Morgan fingerprint density at radius 1 is 0.889 bits per heavy atom. The fourth-order valence-corrected chi connectivity index (χ4v) is 11.1. The summed E-state index contributed by atoms with van der Waals surface area (Å²) in [5.41, 5.74) is -2.91. The molecule has 2 aromatic heterocycles. The Kier molecular flexibility index (Phi) is 15.3. The van der Waals surface area contributed by atoms with Gasteiger partial charge >= 0.3 is 0 Å². The summed E-state index contributed by atoms with van der Waals surface area (Å²) in [6.45, 7) is 7.43. The molecule has 0 unspecified atom stereocenters. The number of nitrogens with zero attached hydrogens (tertiary/aromatic N) is 6. The number of aromatic nitrogens is 5. The van der Waals surface area contributed by atoms with Crippen molar-refractivity contribution in [2.24, 2.45) is 0 Å². The summed E-state index contributed by atoms with van der Waals surface area (Å²) in [7, 11) is 1.30. The normalized spacial score (nSPS) is 21.7. The summed E-state index contributed by atoms with van der Waals surface area (Å²) in [4.78, 5) is 78.9. The highest BCUT2D eigenvalue weighted by molar-refractivity contribution is 6.31. The Bertz CT molecular complexity index is 3470. The van der Waals surface area contributed by atoms with Gasteiger partial charge in [0.1, 0.15) is 70.4 Å².